The number of anilines is 1. The summed E-state index contributed by atoms with van der Waals surface area (Å²) in [5, 5.41) is 2.53. The number of carbonyl (C=O) groups excluding carboxylic acids is 2. The summed E-state index contributed by atoms with van der Waals surface area (Å²) in [7, 11) is 0. The van der Waals surface area contributed by atoms with Crippen molar-refractivity contribution in [2.24, 2.45) is 0 Å². The third-order valence-corrected chi connectivity index (χ3v) is 4.30. The van der Waals surface area contributed by atoms with Gasteiger partial charge in [0.1, 0.15) is 5.75 Å². The van der Waals surface area contributed by atoms with Gasteiger partial charge >= 0.3 is 11.9 Å². The van der Waals surface area contributed by atoms with E-state index in [0.29, 0.717) is 17.9 Å². The molecule has 0 spiro atoms. The SMILES string of the molecule is CC(CC(C)(C)c1ccccc1OC(=O)C(=O)Nc1ccccc1)OOC(C)(C)C. The van der Waals surface area contributed by atoms with E-state index in [1.807, 2.05) is 59.7 Å². The number of benzene rings is 2. The van der Waals surface area contributed by atoms with Crippen LogP contribution in [-0.2, 0) is 24.8 Å². The summed E-state index contributed by atoms with van der Waals surface area (Å²) >= 11 is 0. The minimum atomic E-state index is -0.970. The van der Waals surface area contributed by atoms with Crippen LogP contribution in [0.4, 0.5) is 5.69 Å². The number of carbonyl (C=O) groups is 2. The van der Waals surface area contributed by atoms with Gasteiger partial charge in [0.05, 0.1) is 11.7 Å². The fourth-order valence-electron chi connectivity index (χ4n) is 3.05. The number of amides is 1. The summed E-state index contributed by atoms with van der Waals surface area (Å²) in [6, 6.07) is 16.0. The minimum Gasteiger partial charge on any atom is -0.419 e. The van der Waals surface area contributed by atoms with Crippen molar-refractivity contribution in [1.29, 1.82) is 0 Å². The van der Waals surface area contributed by atoms with Crippen LogP contribution >= 0.6 is 0 Å². The average Bonchev–Trinajstić information content (AvgIpc) is 2.66. The summed E-state index contributed by atoms with van der Waals surface area (Å²) in [4.78, 5) is 35.5. The summed E-state index contributed by atoms with van der Waals surface area (Å²) in [5.74, 6) is -1.45. The van der Waals surface area contributed by atoms with Crippen molar-refractivity contribution >= 4 is 17.6 Å². The molecular weight excluding hydrogens is 382 g/mol. The van der Waals surface area contributed by atoms with Gasteiger partial charge < -0.3 is 10.1 Å². The Hall–Kier alpha value is -2.70. The van der Waals surface area contributed by atoms with Crippen LogP contribution in [0.15, 0.2) is 54.6 Å². The van der Waals surface area contributed by atoms with Crippen LogP contribution in [0.3, 0.4) is 0 Å². The molecule has 6 heteroatoms. The summed E-state index contributed by atoms with van der Waals surface area (Å²) < 4.78 is 5.44. The molecule has 0 saturated carbocycles. The number of hydrogen-bond donors (Lipinski definition) is 1. The normalized spacial score (nSPS) is 12.9. The first kappa shape index (κ1) is 23.6. The van der Waals surface area contributed by atoms with Crippen molar-refractivity contribution < 1.29 is 24.1 Å². The van der Waals surface area contributed by atoms with Gasteiger partial charge in [-0.3, -0.25) is 4.79 Å². The zero-order valence-electron chi connectivity index (χ0n) is 18.5. The highest BCUT2D eigenvalue weighted by Gasteiger charge is 2.29. The van der Waals surface area contributed by atoms with Crippen molar-refractivity contribution in [3.05, 3.63) is 60.2 Å². The first-order valence-corrected chi connectivity index (χ1v) is 10.0. The Labute approximate surface area is 178 Å². The molecule has 0 aromatic heterocycles. The molecule has 0 aliphatic carbocycles. The Morgan fingerprint density at radius 2 is 1.53 bits per heavy atom. The van der Waals surface area contributed by atoms with Crippen LogP contribution in [-0.4, -0.2) is 23.6 Å². The monoisotopic (exact) mass is 413 g/mol. The molecule has 0 bridgehead atoms. The number of ether oxygens (including phenoxy) is 1. The number of nitrogens with one attached hydrogen (secondary N) is 1. The molecule has 6 nitrogen and oxygen atoms in total. The van der Waals surface area contributed by atoms with Crippen LogP contribution in [0.25, 0.3) is 0 Å². The standard InChI is InChI=1S/C24H31NO5/c1-17(29-30-23(2,3)4)16-24(5,6)19-14-10-11-15-20(19)28-22(27)21(26)25-18-12-8-7-9-13-18/h7-15,17H,16H2,1-6H3,(H,25,26). The van der Waals surface area contributed by atoms with Gasteiger partial charge in [0.25, 0.3) is 0 Å². The summed E-state index contributed by atoms with van der Waals surface area (Å²) in [6.45, 7) is 11.7. The van der Waals surface area contributed by atoms with Gasteiger partial charge in [0.2, 0.25) is 0 Å². The highest BCUT2D eigenvalue weighted by atomic mass is 17.2. The lowest BCUT2D eigenvalue weighted by Crippen LogP contribution is -2.30. The van der Waals surface area contributed by atoms with Crippen LogP contribution in [0.5, 0.6) is 5.75 Å². The van der Waals surface area contributed by atoms with E-state index in [-0.39, 0.29) is 6.10 Å². The van der Waals surface area contributed by atoms with E-state index in [1.165, 1.54) is 0 Å². The molecule has 0 fully saturated rings. The van der Waals surface area contributed by atoms with Crippen LogP contribution in [0.1, 0.15) is 53.5 Å². The van der Waals surface area contributed by atoms with Crippen LogP contribution in [0, 0.1) is 0 Å². The van der Waals surface area contributed by atoms with E-state index in [1.54, 1.807) is 36.4 Å². The predicted molar refractivity (Wildman–Crippen MR) is 116 cm³/mol. The molecule has 2 rings (SSSR count). The maximum absolute atomic E-state index is 12.4. The molecule has 0 aliphatic heterocycles. The smallest absolute Gasteiger partial charge is 0.402 e. The Morgan fingerprint density at radius 1 is 0.933 bits per heavy atom. The molecule has 1 unspecified atom stereocenters. The van der Waals surface area contributed by atoms with Crippen molar-refractivity contribution in [3.8, 4) is 5.75 Å². The van der Waals surface area contributed by atoms with Gasteiger partial charge in [-0.1, -0.05) is 50.2 Å². The maximum atomic E-state index is 12.4. The first-order chi connectivity index (χ1) is 14.0. The molecule has 2 aromatic rings. The topological polar surface area (TPSA) is 73.9 Å². The molecule has 1 N–H and O–H groups in total. The van der Waals surface area contributed by atoms with E-state index < -0.39 is 22.9 Å². The highest BCUT2D eigenvalue weighted by Crippen LogP contribution is 2.36. The predicted octanol–water partition coefficient (Wildman–Crippen LogP) is 5.03. The Bertz CT molecular complexity index is 855. The van der Waals surface area contributed by atoms with Gasteiger partial charge in [-0.25, -0.2) is 14.6 Å². The zero-order valence-corrected chi connectivity index (χ0v) is 18.5. The molecule has 0 heterocycles. The molecular formula is C24H31NO5. The number of rotatable bonds is 7. The summed E-state index contributed by atoms with van der Waals surface area (Å²) in [6.07, 6.45) is 0.428. The minimum absolute atomic E-state index is 0.190. The molecule has 1 atom stereocenters. The average molecular weight is 414 g/mol. The lowest BCUT2D eigenvalue weighted by molar-refractivity contribution is -0.372. The van der Waals surface area contributed by atoms with Gasteiger partial charge in [-0.15, -0.1) is 0 Å². The maximum Gasteiger partial charge on any atom is 0.402 e. The zero-order chi connectivity index (χ0) is 22.4. The fraction of sp³-hybridized carbons (Fsp3) is 0.417. The second-order valence-electron chi connectivity index (χ2n) is 8.90. The second kappa shape index (κ2) is 9.87. The Kier molecular flexibility index (Phi) is 7.76. The highest BCUT2D eigenvalue weighted by molar-refractivity contribution is 6.37. The summed E-state index contributed by atoms with van der Waals surface area (Å²) in [5.41, 5.74) is 0.528. The van der Waals surface area contributed by atoms with Crippen molar-refractivity contribution in [1.82, 2.24) is 0 Å². The van der Waals surface area contributed by atoms with Crippen molar-refractivity contribution in [2.75, 3.05) is 5.32 Å². The second-order valence-corrected chi connectivity index (χ2v) is 8.90. The molecule has 2 aromatic carbocycles. The Balaban J connectivity index is 2.08. The lowest BCUT2D eigenvalue weighted by atomic mass is 9.79. The number of hydrogen-bond acceptors (Lipinski definition) is 5. The van der Waals surface area contributed by atoms with Crippen molar-refractivity contribution in [3.63, 3.8) is 0 Å². The van der Waals surface area contributed by atoms with Gasteiger partial charge in [-0.2, -0.15) is 0 Å². The largest absolute Gasteiger partial charge is 0.419 e. The molecule has 0 saturated heterocycles. The fourth-order valence-corrected chi connectivity index (χ4v) is 3.05. The number of para-hydroxylation sites is 2. The van der Waals surface area contributed by atoms with Gasteiger partial charge in [-0.05, 0) is 57.7 Å². The van der Waals surface area contributed by atoms with Crippen LogP contribution < -0.4 is 10.1 Å². The van der Waals surface area contributed by atoms with E-state index in [0.717, 1.165) is 5.56 Å². The third-order valence-electron chi connectivity index (χ3n) is 4.30. The van der Waals surface area contributed by atoms with Gasteiger partial charge in [0.15, 0.2) is 0 Å². The lowest BCUT2D eigenvalue weighted by Gasteiger charge is -2.30. The molecule has 0 radical (unpaired) electrons. The number of esters is 1. The van der Waals surface area contributed by atoms with Gasteiger partial charge in [0, 0.05) is 11.3 Å². The quantitative estimate of drug-likeness (QED) is 0.226. The molecule has 30 heavy (non-hydrogen) atoms. The molecule has 162 valence electrons. The van der Waals surface area contributed by atoms with E-state index in [4.69, 9.17) is 14.5 Å². The Morgan fingerprint density at radius 3 is 2.17 bits per heavy atom. The third kappa shape index (κ3) is 7.28. The van der Waals surface area contributed by atoms with Crippen molar-refractivity contribution in [2.45, 2.75) is 65.1 Å². The van der Waals surface area contributed by atoms with Crippen LogP contribution in [0.2, 0.25) is 0 Å². The van der Waals surface area contributed by atoms with E-state index in [9.17, 15) is 9.59 Å². The molecule has 0 aliphatic rings. The first-order valence-electron chi connectivity index (χ1n) is 10.0. The molecule has 1 amide bonds. The van der Waals surface area contributed by atoms with E-state index in [2.05, 4.69) is 5.32 Å². The van der Waals surface area contributed by atoms with E-state index >= 15 is 0 Å².